The molecule has 6 nitrogen and oxygen atoms in total. The molecule has 0 radical (unpaired) electrons. The van der Waals surface area contributed by atoms with Crippen LogP contribution in [0.5, 0.6) is 0 Å². The van der Waals surface area contributed by atoms with Crippen molar-refractivity contribution in [3.63, 3.8) is 0 Å². The van der Waals surface area contributed by atoms with Gasteiger partial charge >= 0.3 is 0 Å². The molecule has 1 aromatic heterocycles. The summed E-state index contributed by atoms with van der Waals surface area (Å²) in [6.07, 6.45) is 1.59. The molecule has 1 saturated heterocycles. The number of nitrogens with zero attached hydrogens (tertiary/aromatic N) is 3. The Labute approximate surface area is 101 Å². The zero-order valence-corrected chi connectivity index (χ0v) is 10.1. The van der Waals surface area contributed by atoms with Crippen molar-refractivity contribution in [3.8, 4) is 0 Å². The summed E-state index contributed by atoms with van der Waals surface area (Å²) in [5, 5.41) is 9.79. The monoisotopic (exact) mass is 237 g/mol. The first-order valence-corrected chi connectivity index (χ1v) is 5.95. The Morgan fingerprint density at radius 2 is 2.29 bits per heavy atom. The van der Waals surface area contributed by atoms with Crippen molar-refractivity contribution in [3.05, 3.63) is 18.0 Å². The number of aromatic amines is 1. The van der Waals surface area contributed by atoms with Crippen LogP contribution in [-0.2, 0) is 0 Å². The molecule has 1 fully saturated rings. The van der Waals surface area contributed by atoms with Crippen LogP contribution < -0.4 is 5.32 Å². The maximum Gasteiger partial charge on any atom is 0.271 e. The zero-order chi connectivity index (χ0) is 12.1. The Bertz CT molecular complexity index is 345. The Hall–Kier alpha value is -1.40. The Morgan fingerprint density at radius 1 is 1.53 bits per heavy atom. The lowest BCUT2D eigenvalue weighted by Crippen LogP contribution is -2.46. The second kappa shape index (κ2) is 5.79. The Kier molecular flexibility index (Phi) is 4.11. The highest BCUT2D eigenvalue weighted by Gasteiger charge is 2.15. The lowest BCUT2D eigenvalue weighted by Gasteiger charge is -2.28. The molecule has 1 amide bonds. The highest BCUT2D eigenvalue weighted by atomic mass is 16.2. The third-order valence-electron chi connectivity index (χ3n) is 3.04. The molecule has 94 valence electrons. The molecule has 0 spiro atoms. The third-order valence-corrected chi connectivity index (χ3v) is 3.04. The van der Waals surface area contributed by atoms with Gasteiger partial charge in [-0.25, -0.2) is 0 Å². The average molecular weight is 237 g/mol. The molecular weight excluding hydrogens is 218 g/mol. The van der Waals surface area contributed by atoms with E-state index in [1.807, 2.05) is 7.05 Å². The van der Waals surface area contributed by atoms with Crippen molar-refractivity contribution in [1.29, 1.82) is 0 Å². The summed E-state index contributed by atoms with van der Waals surface area (Å²) < 4.78 is 0. The third kappa shape index (κ3) is 3.28. The highest BCUT2D eigenvalue weighted by molar-refractivity contribution is 5.91. The normalized spacial score (nSPS) is 17.0. The molecular formula is C11H19N5O. The number of rotatable bonds is 4. The second-order valence-corrected chi connectivity index (χ2v) is 4.29. The molecule has 1 aliphatic heterocycles. The van der Waals surface area contributed by atoms with Gasteiger partial charge in [-0.15, -0.1) is 0 Å². The fourth-order valence-corrected chi connectivity index (χ4v) is 1.91. The summed E-state index contributed by atoms with van der Waals surface area (Å²) >= 11 is 0. The molecule has 0 saturated carbocycles. The number of nitrogens with one attached hydrogen (secondary N) is 2. The number of amides is 1. The smallest absolute Gasteiger partial charge is 0.271 e. The van der Waals surface area contributed by atoms with E-state index in [1.54, 1.807) is 17.2 Å². The molecule has 0 atom stereocenters. The van der Waals surface area contributed by atoms with Gasteiger partial charge in [0.2, 0.25) is 0 Å². The van der Waals surface area contributed by atoms with Crippen LogP contribution >= 0.6 is 0 Å². The Morgan fingerprint density at radius 3 is 2.94 bits per heavy atom. The predicted octanol–water partition coefficient (Wildman–Crippen LogP) is -0.613. The van der Waals surface area contributed by atoms with Crippen LogP contribution in [0.2, 0.25) is 0 Å². The lowest BCUT2D eigenvalue weighted by molar-refractivity contribution is 0.0769. The maximum atomic E-state index is 11.9. The molecule has 0 unspecified atom stereocenters. The van der Waals surface area contributed by atoms with Gasteiger partial charge in [0.25, 0.3) is 5.91 Å². The van der Waals surface area contributed by atoms with E-state index in [0.717, 1.165) is 39.3 Å². The highest BCUT2D eigenvalue weighted by Crippen LogP contribution is 1.99. The summed E-state index contributed by atoms with van der Waals surface area (Å²) in [7, 11) is 1.82. The molecule has 0 aliphatic carbocycles. The number of aromatic nitrogens is 2. The number of likely N-dealkylation sites (N-methyl/N-ethyl adjacent to an activating group) is 1. The second-order valence-electron chi connectivity index (χ2n) is 4.29. The van der Waals surface area contributed by atoms with Crippen molar-refractivity contribution in [2.24, 2.45) is 0 Å². The van der Waals surface area contributed by atoms with Crippen molar-refractivity contribution >= 4 is 5.91 Å². The molecule has 2 rings (SSSR count). The van der Waals surface area contributed by atoms with Crippen LogP contribution in [0.4, 0.5) is 0 Å². The summed E-state index contributed by atoms with van der Waals surface area (Å²) in [6.45, 7) is 5.88. The van der Waals surface area contributed by atoms with Crippen LogP contribution in [0.25, 0.3) is 0 Å². The Balaban J connectivity index is 1.76. The number of H-pyrrole nitrogens is 1. The van der Waals surface area contributed by atoms with Crippen molar-refractivity contribution in [2.75, 3.05) is 46.3 Å². The molecule has 6 heteroatoms. The van der Waals surface area contributed by atoms with Crippen LogP contribution in [0.1, 0.15) is 10.5 Å². The van der Waals surface area contributed by atoms with Gasteiger partial charge < -0.3 is 10.2 Å². The van der Waals surface area contributed by atoms with E-state index < -0.39 is 0 Å². The number of carbonyl (C=O) groups is 1. The van der Waals surface area contributed by atoms with Gasteiger partial charge in [-0.1, -0.05) is 0 Å². The largest absolute Gasteiger partial charge is 0.339 e. The predicted molar refractivity (Wildman–Crippen MR) is 64.9 cm³/mol. The maximum absolute atomic E-state index is 11.9. The van der Waals surface area contributed by atoms with Crippen LogP contribution in [0.3, 0.4) is 0 Å². The first-order chi connectivity index (χ1) is 8.27. The van der Waals surface area contributed by atoms with E-state index in [4.69, 9.17) is 0 Å². The van der Waals surface area contributed by atoms with Gasteiger partial charge in [0.1, 0.15) is 5.69 Å². The van der Waals surface area contributed by atoms with Crippen LogP contribution in [-0.4, -0.2) is 72.2 Å². The molecule has 0 aromatic carbocycles. The molecule has 17 heavy (non-hydrogen) atoms. The minimum absolute atomic E-state index is 0.00219. The number of hydrogen-bond acceptors (Lipinski definition) is 4. The SMILES string of the molecule is CN(CCN1CCNCC1)C(=O)c1ccn[nH]1. The van der Waals surface area contributed by atoms with Crippen molar-refractivity contribution in [2.45, 2.75) is 0 Å². The minimum Gasteiger partial charge on any atom is -0.339 e. The lowest BCUT2D eigenvalue weighted by atomic mass is 10.3. The van der Waals surface area contributed by atoms with Crippen molar-refractivity contribution in [1.82, 2.24) is 25.3 Å². The summed E-state index contributed by atoms with van der Waals surface area (Å²) in [5.41, 5.74) is 0.549. The molecule has 2 N–H and O–H groups in total. The van der Waals surface area contributed by atoms with Gasteiger partial charge in [-0.2, -0.15) is 5.10 Å². The zero-order valence-electron chi connectivity index (χ0n) is 10.1. The summed E-state index contributed by atoms with van der Waals surface area (Å²) in [4.78, 5) is 16.0. The van der Waals surface area contributed by atoms with Crippen molar-refractivity contribution < 1.29 is 4.79 Å². The topological polar surface area (TPSA) is 64.3 Å². The van der Waals surface area contributed by atoms with Gasteiger partial charge in [-0.05, 0) is 6.07 Å². The molecule has 0 bridgehead atoms. The van der Waals surface area contributed by atoms with Gasteiger partial charge in [-0.3, -0.25) is 14.8 Å². The summed E-state index contributed by atoms with van der Waals surface area (Å²) in [6, 6.07) is 1.70. The fourth-order valence-electron chi connectivity index (χ4n) is 1.91. The van der Waals surface area contributed by atoms with Gasteiger partial charge in [0.05, 0.1) is 0 Å². The number of piperazine rings is 1. The van der Waals surface area contributed by atoms with E-state index in [2.05, 4.69) is 20.4 Å². The van der Waals surface area contributed by atoms with Gasteiger partial charge in [0.15, 0.2) is 0 Å². The number of carbonyl (C=O) groups excluding carboxylic acids is 1. The summed E-state index contributed by atoms with van der Waals surface area (Å²) in [5.74, 6) is -0.00219. The molecule has 1 aliphatic rings. The standard InChI is InChI=1S/C11H19N5O/c1-15(11(17)10-2-3-13-14-10)8-9-16-6-4-12-5-7-16/h2-3,12H,4-9H2,1H3,(H,13,14). The van der Waals surface area contributed by atoms with Crippen LogP contribution in [0.15, 0.2) is 12.3 Å². The molecule has 1 aromatic rings. The van der Waals surface area contributed by atoms with E-state index in [0.29, 0.717) is 5.69 Å². The van der Waals surface area contributed by atoms with E-state index in [-0.39, 0.29) is 5.91 Å². The van der Waals surface area contributed by atoms with E-state index in [9.17, 15) is 4.79 Å². The first-order valence-electron chi connectivity index (χ1n) is 5.95. The van der Waals surface area contributed by atoms with Crippen LogP contribution in [0, 0.1) is 0 Å². The van der Waals surface area contributed by atoms with Gasteiger partial charge in [0, 0.05) is 52.5 Å². The average Bonchev–Trinajstić information content (AvgIpc) is 2.90. The minimum atomic E-state index is -0.00219. The number of hydrogen-bond donors (Lipinski definition) is 2. The van der Waals surface area contributed by atoms with E-state index in [1.165, 1.54) is 0 Å². The molecule has 2 heterocycles. The van der Waals surface area contributed by atoms with E-state index >= 15 is 0 Å². The fraction of sp³-hybridized carbons (Fsp3) is 0.636. The first kappa shape index (κ1) is 12.1. The quantitative estimate of drug-likeness (QED) is 0.733.